The monoisotopic (exact) mass is 292 g/mol. The Kier molecular flexibility index (Phi) is 7.23. The SMILES string of the molecule is CCC(CC)NC(=O)C(C)Oc1ccc(C(C)NC)cc1. The summed E-state index contributed by atoms with van der Waals surface area (Å²) in [6.07, 6.45) is 1.38. The molecule has 0 aliphatic rings. The maximum atomic E-state index is 12.1. The molecule has 1 amide bonds. The van der Waals surface area contributed by atoms with Crippen LogP contribution >= 0.6 is 0 Å². The van der Waals surface area contributed by atoms with Crippen molar-refractivity contribution in [1.29, 1.82) is 0 Å². The van der Waals surface area contributed by atoms with E-state index in [1.54, 1.807) is 6.92 Å². The van der Waals surface area contributed by atoms with Crippen molar-refractivity contribution in [3.05, 3.63) is 29.8 Å². The minimum Gasteiger partial charge on any atom is -0.481 e. The van der Waals surface area contributed by atoms with E-state index in [2.05, 4.69) is 31.4 Å². The van der Waals surface area contributed by atoms with Gasteiger partial charge in [0.1, 0.15) is 5.75 Å². The maximum absolute atomic E-state index is 12.1. The Morgan fingerprint density at radius 3 is 2.19 bits per heavy atom. The Morgan fingerprint density at radius 1 is 1.14 bits per heavy atom. The molecule has 1 aromatic rings. The fourth-order valence-corrected chi connectivity index (χ4v) is 2.07. The average molecular weight is 292 g/mol. The summed E-state index contributed by atoms with van der Waals surface area (Å²) in [4.78, 5) is 12.1. The number of amides is 1. The van der Waals surface area contributed by atoms with Gasteiger partial charge in [0.2, 0.25) is 0 Å². The van der Waals surface area contributed by atoms with Crippen molar-refractivity contribution in [2.75, 3.05) is 7.05 Å². The van der Waals surface area contributed by atoms with Crippen molar-refractivity contribution >= 4 is 5.91 Å². The summed E-state index contributed by atoms with van der Waals surface area (Å²) >= 11 is 0. The molecule has 0 fully saturated rings. The molecule has 0 spiro atoms. The molecular formula is C17H28N2O2. The number of rotatable bonds is 8. The van der Waals surface area contributed by atoms with E-state index in [0.29, 0.717) is 11.8 Å². The summed E-state index contributed by atoms with van der Waals surface area (Å²) in [5.74, 6) is 0.658. The predicted octanol–water partition coefficient (Wildman–Crippen LogP) is 3.04. The van der Waals surface area contributed by atoms with Crippen LogP contribution in [-0.2, 0) is 4.79 Å². The van der Waals surface area contributed by atoms with Crippen LogP contribution in [-0.4, -0.2) is 25.1 Å². The molecule has 2 N–H and O–H groups in total. The minimum absolute atomic E-state index is 0.0589. The molecule has 118 valence electrons. The van der Waals surface area contributed by atoms with Gasteiger partial charge in [0, 0.05) is 12.1 Å². The zero-order valence-corrected chi connectivity index (χ0v) is 13.8. The largest absolute Gasteiger partial charge is 0.481 e. The standard InChI is InChI=1S/C17H28N2O2/c1-6-15(7-2)19-17(20)13(4)21-16-10-8-14(9-11-16)12(3)18-5/h8-13,15,18H,6-7H2,1-5H3,(H,19,20). The molecular weight excluding hydrogens is 264 g/mol. The molecule has 21 heavy (non-hydrogen) atoms. The van der Waals surface area contributed by atoms with Crippen LogP contribution in [0.5, 0.6) is 5.75 Å². The molecule has 0 saturated heterocycles. The van der Waals surface area contributed by atoms with E-state index in [1.165, 1.54) is 5.56 Å². The van der Waals surface area contributed by atoms with Crippen LogP contribution in [0, 0.1) is 0 Å². The third-order valence-electron chi connectivity index (χ3n) is 3.83. The first-order valence-corrected chi connectivity index (χ1v) is 7.76. The fraction of sp³-hybridized carbons (Fsp3) is 0.588. The molecule has 4 heteroatoms. The summed E-state index contributed by atoms with van der Waals surface area (Å²) in [6.45, 7) is 8.02. The van der Waals surface area contributed by atoms with Crippen LogP contribution in [0.3, 0.4) is 0 Å². The molecule has 0 aromatic heterocycles. The van der Waals surface area contributed by atoms with E-state index >= 15 is 0 Å². The lowest BCUT2D eigenvalue weighted by Crippen LogP contribution is -2.42. The molecule has 0 bridgehead atoms. The predicted molar refractivity (Wildman–Crippen MR) is 86.5 cm³/mol. The molecule has 2 unspecified atom stereocenters. The van der Waals surface area contributed by atoms with Crippen LogP contribution in [0.15, 0.2) is 24.3 Å². The van der Waals surface area contributed by atoms with Crippen molar-refractivity contribution in [2.24, 2.45) is 0 Å². The lowest BCUT2D eigenvalue weighted by molar-refractivity contribution is -0.128. The number of benzene rings is 1. The van der Waals surface area contributed by atoms with E-state index in [9.17, 15) is 4.79 Å². The lowest BCUT2D eigenvalue weighted by Gasteiger charge is -2.19. The summed E-state index contributed by atoms with van der Waals surface area (Å²) in [7, 11) is 1.93. The van der Waals surface area contributed by atoms with Gasteiger partial charge in [0.05, 0.1) is 0 Å². The van der Waals surface area contributed by atoms with Crippen LogP contribution in [0.4, 0.5) is 0 Å². The van der Waals surface area contributed by atoms with Crippen LogP contribution in [0.1, 0.15) is 52.1 Å². The summed E-state index contributed by atoms with van der Waals surface area (Å²) < 4.78 is 5.70. The molecule has 0 aliphatic heterocycles. The Morgan fingerprint density at radius 2 is 1.71 bits per heavy atom. The molecule has 0 aliphatic carbocycles. The second kappa shape index (κ2) is 8.67. The highest BCUT2D eigenvalue weighted by atomic mass is 16.5. The Bertz CT molecular complexity index is 427. The van der Waals surface area contributed by atoms with E-state index in [0.717, 1.165) is 12.8 Å². The highest BCUT2D eigenvalue weighted by molar-refractivity contribution is 5.81. The van der Waals surface area contributed by atoms with Gasteiger partial charge in [-0.3, -0.25) is 4.79 Å². The molecule has 0 radical (unpaired) electrons. The van der Waals surface area contributed by atoms with Gasteiger partial charge in [-0.2, -0.15) is 0 Å². The second-order valence-electron chi connectivity index (χ2n) is 5.36. The number of carbonyl (C=O) groups is 1. The van der Waals surface area contributed by atoms with Crippen molar-refractivity contribution < 1.29 is 9.53 Å². The molecule has 0 heterocycles. The zero-order chi connectivity index (χ0) is 15.8. The minimum atomic E-state index is -0.488. The van der Waals surface area contributed by atoms with Gasteiger partial charge in [0.15, 0.2) is 6.10 Å². The molecule has 1 rings (SSSR count). The Hall–Kier alpha value is -1.55. The van der Waals surface area contributed by atoms with Gasteiger partial charge in [0.25, 0.3) is 5.91 Å². The summed E-state index contributed by atoms with van der Waals surface area (Å²) in [5.41, 5.74) is 1.19. The Balaban J connectivity index is 2.58. The topological polar surface area (TPSA) is 50.4 Å². The number of hydrogen-bond donors (Lipinski definition) is 2. The quantitative estimate of drug-likeness (QED) is 0.774. The highest BCUT2D eigenvalue weighted by Crippen LogP contribution is 2.18. The van der Waals surface area contributed by atoms with E-state index in [-0.39, 0.29) is 11.9 Å². The first kappa shape index (κ1) is 17.5. The van der Waals surface area contributed by atoms with Gasteiger partial charge in [-0.25, -0.2) is 0 Å². The highest BCUT2D eigenvalue weighted by Gasteiger charge is 2.17. The maximum Gasteiger partial charge on any atom is 0.260 e. The van der Waals surface area contributed by atoms with Crippen molar-refractivity contribution in [1.82, 2.24) is 10.6 Å². The van der Waals surface area contributed by atoms with Crippen molar-refractivity contribution in [3.63, 3.8) is 0 Å². The van der Waals surface area contributed by atoms with Crippen molar-refractivity contribution in [3.8, 4) is 5.75 Å². The van der Waals surface area contributed by atoms with E-state index < -0.39 is 6.10 Å². The molecule has 2 atom stereocenters. The molecule has 4 nitrogen and oxygen atoms in total. The third kappa shape index (κ3) is 5.38. The van der Waals surface area contributed by atoms with Crippen LogP contribution in [0.2, 0.25) is 0 Å². The smallest absolute Gasteiger partial charge is 0.260 e. The Labute approximate surface area is 128 Å². The fourth-order valence-electron chi connectivity index (χ4n) is 2.07. The van der Waals surface area contributed by atoms with Crippen molar-refractivity contribution in [2.45, 2.75) is 58.7 Å². The van der Waals surface area contributed by atoms with Gasteiger partial charge in [-0.05, 0) is 51.4 Å². The van der Waals surface area contributed by atoms with E-state index in [4.69, 9.17) is 4.74 Å². The van der Waals surface area contributed by atoms with E-state index in [1.807, 2.05) is 31.3 Å². The third-order valence-corrected chi connectivity index (χ3v) is 3.83. The first-order chi connectivity index (χ1) is 10.0. The van der Waals surface area contributed by atoms with Gasteiger partial charge >= 0.3 is 0 Å². The lowest BCUT2D eigenvalue weighted by atomic mass is 10.1. The average Bonchev–Trinajstić information content (AvgIpc) is 2.52. The van der Waals surface area contributed by atoms with Gasteiger partial charge < -0.3 is 15.4 Å². The normalized spacial score (nSPS) is 13.8. The van der Waals surface area contributed by atoms with Crippen LogP contribution < -0.4 is 15.4 Å². The van der Waals surface area contributed by atoms with Gasteiger partial charge in [-0.1, -0.05) is 26.0 Å². The van der Waals surface area contributed by atoms with Gasteiger partial charge in [-0.15, -0.1) is 0 Å². The zero-order valence-electron chi connectivity index (χ0n) is 13.8. The molecule has 1 aromatic carbocycles. The molecule has 0 saturated carbocycles. The number of ether oxygens (including phenoxy) is 1. The van der Waals surface area contributed by atoms with Crippen LogP contribution in [0.25, 0.3) is 0 Å². The number of hydrogen-bond acceptors (Lipinski definition) is 3. The second-order valence-corrected chi connectivity index (χ2v) is 5.36. The number of carbonyl (C=O) groups excluding carboxylic acids is 1. The first-order valence-electron chi connectivity index (χ1n) is 7.76. The summed E-state index contributed by atoms with van der Waals surface area (Å²) in [6, 6.07) is 8.37. The number of nitrogens with one attached hydrogen (secondary N) is 2. The summed E-state index contributed by atoms with van der Waals surface area (Å²) in [5, 5.41) is 6.19.